The van der Waals surface area contributed by atoms with Crippen molar-refractivity contribution in [3.05, 3.63) is 52.3 Å². The Labute approximate surface area is 108 Å². The SMILES string of the molecule is Cn1ccc(CNC(=O)c2cccc(Br)c2)n1. The molecule has 4 nitrogen and oxygen atoms in total. The number of hydrogen-bond acceptors (Lipinski definition) is 2. The van der Waals surface area contributed by atoms with E-state index in [4.69, 9.17) is 0 Å². The molecule has 88 valence electrons. The monoisotopic (exact) mass is 293 g/mol. The highest BCUT2D eigenvalue weighted by Crippen LogP contribution is 2.11. The average molecular weight is 294 g/mol. The van der Waals surface area contributed by atoms with Crippen LogP contribution in [0, 0.1) is 0 Å². The minimum Gasteiger partial charge on any atom is -0.346 e. The first-order valence-corrected chi connectivity index (χ1v) is 5.97. The number of carbonyl (C=O) groups is 1. The van der Waals surface area contributed by atoms with E-state index in [2.05, 4.69) is 26.3 Å². The first kappa shape index (κ1) is 11.9. The summed E-state index contributed by atoms with van der Waals surface area (Å²) in [4.78, 5) is 11.8. The fraction of sp³-hybridized carbons (Fsp3) is 0.167. The summed E-state index contributed by atoms with van der Waals surface area (Å²) in [7, 11) is 1.85. The number of nitrogens with zero attached hydrogens (tertiary/aromatic N) is 2. The number of rotatable bonds is 3. The Morgan fingerprint density at radius 1 is 1.47 bits per heavy atom. The molecule has 1 N–H and O–H groups in total. The zero-order chi connectivity index (χ0) is 12.3. The van der Waals surface area contributed by atoms with Crippen LogP contribution in [-0.2, 0) is 13.6 Å². The molecule has 0 spiro atoms. The number of carbonyl (C=O) groups excluding carboxylic acids is 1. The Morgan fingerprint density at radius 3 is 2.94 bits per heavy atom. The van der Waals surface area contributed by atoms with Crippen LogP contribution in [0.4, 0.5) is 0 Å². The topological polar surface area (TPSA) is 46.9 Å². The molecular formula is C12H12BrN3O. The lowest BCUT2D eigenvalue weighted by atomic mass is 10.2. The molecule has 0 saturated carbocycles. The van der Waals surface area contributed by atoms with E-state index < -0.39 is 0 Å². The third kappa shape index (κ3) is 3.17. The van der Waals surface area contributed by atoms with Gasteiger partial charge < -0.3 is 5.32 Å². The van der Waals surface area contributed by atoms with Crippen molar-refractivity contribution in [2.45, 2.75) is 6.54 Å². The van der Waals surface area contributed by atoms with Gasteiger partial charge in [0, 0.05) is 23.3 Å². The molecule has 2 aromatic rings. The Bertz CT molecular complexity index is 536. The van der Waals surface area contributed by atoms with E-state index in [1.807, 2.05) is 31.4 Å². The molecule has 0 aliphatic heterocycles. The fourth-order valence-electron chi connectivity index (χ4n) is 1.46. The normalized spacial score (nSPS) is 10.2. The minimum atomic E-state index is -0.100. The van der Waals surface area contributed by atoms with Gasteiger partial charge in [-0.05, 0) is 24.3 Å². The molecule has 0 radical (unpaired) electrons. The zero-order valence-electron chi connectivity index (χ0n) is 9.35. The molecule has 2 rings (SSSR count). The van der Waals surface area contributed by atoms with Gasteiger partial charge in [0.25, 0.3) is 5.91 Å². The highest BCUT2D eigenvalue weighted by molar-refractivity contribution is 9.10. The summed E-state index contributed by atoms with van der Waals surface area (Å²) in [5.41, 5.74) is 1.48. The second-order valence-electron chi connectivity index (χ2n) is 3.67. The van der Waals surface area contributed by atoms with Gasteiger partial charge >= 0.3 is 0 Å². The number of nitrogens with one attached hydrogen (secondary N) is 1. The molecule has 1 aromatic heterocycles. The van der Waals surface area contributed by atoms with Crippen molar-refractivity contribution in [2.75, 3.05) is 0 Å². The molecule has 0 unspecified atom stereocenters. The molecule has 0 aliphatic rings. The summed E-state index contributed by atoms with van der Waals surface area (Å²) in [5.74, 6) is -0.100. The molecular weight excluding hydrogens is 282 g/mol. The second-order valence-corrected chi connectivity index (χ2v) is 4.59. The van der Waals surface area contributed by atoms with Gasteiger partial charge in [-0.1, -0.05) is 22.0 Å². The Balaban J connectivity index is 1.98. The van der Waals surface area contributed by atoms with Gasteiger partial charge in [-0.15, -0.1) is 0 Å². The van der Waals surface area contributed by atoms with Crippen LogP contribution in [0.5, 0.6) is 0 Å². The zero-order valence-corrected chi connectivity index (χ0v) is 10.9. The highest BCUT2D eigenvalue weighted by atomic mass is 79.9. The van der Waals surface area contributed by atoms with Crippen LogP contribution in [0.25, 0.3) is 0 Å². The molecule has 1 amide bonds. The molecule has 5 heteroatoms. The summed E-state index contributed by atoms with van der Waals surface area (Å²) in [6, 6.07) is 9.16. The number of benzene rings is 1. The maximum Gasteiger partial charge on any atom is 0.251 e. The van der Waals surface area contributed by atoms with Crippen molar-refractivity contribution in [1.29, 1.82) is 0 Å². The Kier molecular flexibility index (Phi) is 3.58. The summed E-state index contributed by atoms with van der Waals surface area (Å²) in [6.45, 7) is 0.437. The van der Waals surface area contributed by atoms with Crippen LogP contribution >= 0.6 is 15.9 Å². The van der Waals surface area contributed by atoms with Crippen LogP contribution < -0.4 is 5.32 Å². The summed E-state index contributed by atoms with van der Waals surface area (Å²) in [6.07, 6.45) is 1.85. The van der Waals surface area contributed by atoms with Gasteiger partial charge in [0.2, 0.25) is 0 Å². The van der Waals surface area contributed by atoms with Crippen LogP contribution in [0.15, 0.2) is 41.0 Å². The van der Waals surface area contributed by atoms with Crippen molar-refractivity contribution < 1.29 is 4.79 Å². The van der Waals surface area contributed by atoms with Crippen molar-refractivity contribution in [2.24, 2.45) is 7.05 Å². The van der Waals surface area contributed by atoms with Crippen LogP contribution in [0.2, 0.25) is 0 Å². The fourth-order valence-corrected chi connectivity index (χ4v) is 1.86. The maximum absolute atomic E-state index is 11.8. The van der Waals surface area contributed by atoms with Gasteiger partial charge in [-0.25, -0.2) is 0 Å². The van der Waals surface area contributed by atoms with E-state index in [0.29, 0.717) is 12.1 Å². The minimum absolute atomic E-state index is 0.100. The number of halogens is 1. The molecule has 17 heavy (non-hydrogen) atoms. The van der Waals surface area contributed by atoms with Gasteiger partial charge in [0.1, 0.15) is 0 Å². The predicted octanol–water partition coefficient (Wildman–Crippen LogP) is 2.11. The van der Waals surface area contributed by atoms with E-state index >= 15 is 0 Å². The summed E-state index contributed by atoms with van der Waals surface area (Å²) in [5, 5.41) is 7.01. The predicted molar refractivity (Wildman–Crippen MR) is 68.5 cm³/mol. The third-order valence-corrected chi connectivity index (χ3v) is 2.78. The smallest absolute Gasteiger partial charge is 0.251 e. The quantitative estimate of drug-likeness (QED) is 0.942. The molecule has 0 saturated heterocycles. The van der Waals surface area contributed by atoms with Gasteiger partial charge in [0.05, 0.1) is 12.2 Å². The molecule has 0 aliphatic carbocycles. The largest absolute Gasteiger partial charge is 0.346 e. The molecule has 0 atom stereocenters. The summed E-state index contributed by atoms with van der Waals surface area (Å²) < 4.78 is 2.60. The summed E-state index contributed by atoms with van der Waals surface area (Å²) >= 11 is 3.33. The Hall–Kier alpha value is -1.62. The lowest BCUT2D eigenvalue weighted by molar-refractivity contribution is 0.0950. The van der Waals surface area contributed by atoms with Crippen LogP contribution in [0.1, 0.15) is 16.1 Å². The Morgan fingerprint density at radius 2 is 2.29 bits per heavy atom. The standard InChI is InChI=1S/C12H12BrN3O/c1-16-6-5-11(15-16)8-14-12(17)9-3-2-4-10(13)7-9/h2-7H,8H2,1H3,(H,14,17). The van der Waals surface area contributed by atoms with E-state index in [9.17, 15) is 4.79 Å². The van der Waals surface area contributed by atoms with Crippen molar-refractivity contribution in [3.63, 3.8) is 0 Å². The number of aromatic nitrogens is 2. The van der Waals surface area contributed by atoms with E-state index in [-0.39, 0.29) is 5.91 Å². The van der Waals surface area contributed by atoms with Gasteiger partial charge in [-0.2, -0.15) is 5.10 Å². The van der Waals surface area contributed by atoms with Crippen molar-refractivity contribution >= 4 is 21.8 Å². The van der Waals surface area contributed by atoms with Crippen molar-refractivity contribution in [3.8, 4) is 0 Å². The first-order valence-electron chi connectivity index (χ1n) is 5.17. The van der Waals surface area contributed by atoms with Crippen LogP contribution in [-0.4, -0.2) is 15.7 Å². The number of hydrogen-bond donors (Lipinski definition) is 1. The van der Waals surface area contributed by atoms with E-state index in [1.54, 1.807) is 16.8 Å². The maximum atomic E-state index is 11.8. The lowest BCUT2D eigenvalue weighted by Gasteiger charge is -2.03. The average Bonchev–Trinajstić information content (AvgIpc) is 2.72. The number of amides is 1. The third-order valence-electron chi connectivity index (χ3n) is 2.29. The molecule has 0 fully saturated rings. The van der Waals surface area contributed by atoms with Gasteiger partial charge in [0.15, 0.2) is 0 Å². The van der Waals surface area contributed by atoms with E-state index in [0.717, 1.165) is 10.2 Å². The highest BCUT2D eigenvalue weighted by Gasteiger charge is 2.06. The molecule has 0 bridgehead atoms. The van der Waals surface area contributed by atoms with Gasteiger partial charge in [-0.3, -0.25) is 9.48 Å². The lowest BCUT2D eigenvalue weighted by Crippen LogP contribution is -2.23. The first-order chi connectivity index (χ1) is 8.15. The second kappa shape index (κ2) is 5.14. The van der Waals surface area contributed by atoms with E-state index in [1.165, 1.54) is 0 Å². The molecule has 1 aromatic carbocycles. The van der Waals surface area contributed by atoms with Crippen LogP contribution in [0.3, 0.4) is 0 Å². The van der Waals surface area contributed by atoms with Crippen molar-refractivity contribution in [1.82, 2.24) is 15.1 Å². The molecule has 1 heterocycles. The number of aryl methyl sites for hydroxylation is 1.